The van der Waals surface area contributed by atoms with Crippen LogP contribution in [0.2, 0.25) is 0 Å². The lowest BCUT2D eigenvalue weighted by atomic mass is 9.56. The molecule has 1 aromatic heterocycles. The second-order valence-electron chi connectivity index (χ2n) is 9.56. The van der Waals surface area contributed by atoms with E-state index in [-0.39, 0.29) is 18.1 Å². The molecule has 0 N–H and O–H groups in total. The fourth-order valence-corrected chi connectivity index (χ4v) is 6.78. The van der Waals surface area contributed by atoms with E-state index in [2.05, 4.69) is 28.8 Å². The number of rotatable bonds is 2. The zero-order chi connectivity index (χ0) is 23.5. The monoisotopic (exact) mass is 441 g/mol. The molecule has 1 fully saturated rings. The zero-order valence-electron chi connectivity index (χ0n) is 18.9. The number of fused-ring (bicyclic) bond motifs is 5. The molecule has 4 heteroatoms. The highest BCUT2D eigenvalue weighted by atomic mass is 16.1. The molecule has 1 unspecified atom stereocenters. The van der Waals surface area contributed by atoms with Crippen LogP contribution in [-0.4, -0.2) is 10.4 Å². The third-order valence-electron chi connectivity index (χ3n) is 8.23. The topological polar surface area (TPSA) is 69.6 Å². The number of carbonyl (C=O) groups is 1. The van der Waals surface area contributed by atoms with E-state index in [9.17, 15) is 15.3 Å². The minimum Gasteiger partial charge on any atom is -0.347 e. The van der Waals surface area contributed by atoms with Crippen LogP contribution in [0.15, 0.2) is 84.9 Å². The van der Waals surface area contributed by atoms with Gasteiger partial charge >= 0.3 is 0 Å². The third kappa shape index (κ3) is 2.38. The average Bonchev–Trinajstić information content (AvgIpc) is 3.36. The van der Waals surface area contributed by atoms with Gasteiger partial charge in [-0.1, -0.05) is 78.9 Å². The van der Waals surface area contributed by atoms with Crippen LogP contribution in [0.3, 0.4) is 0 Å². The molecule has 2 atom stereocenters. The summed E-state index contributed by atoms with van der Waals surface area (Å²) in [5.41, 5.74) is 2.77. The van der Waals surface area contributed by atoms with E-state index < -0.39 is 16.7 Å². The first-order chi connectivity index (χ1) is 16.6. The van der Waals surface area contributed by atoms with Gasteiger partial charge in [0.25, 0.3) is 0 Å². The van der Waals surface area contributed by atoms with Gasteiger partial charge < -0.3 is 4.57 Å². The molecule has 0 saturated heterocycles. The van der Waals surface area contributed by atoms with Crippen LogP contribution in [0.25, 0.3) is 10.9 Å². The number of carbonyl (C=O) groups excluding carboxylic acids is 1. The Morgan fingerprint density at radius 1 is 0.853 bits per heavy atom. The molecule has 6 rings (SSSR count). The first-order valence-corrected chi connectivity index (χ1v) is 11.6. The SMILES string of the molecule is Cn1c2c(c3ccccc31)C1[C@H](CC(=O)C1(c1ccccc1)c1ccccc1)C(C#N)(C#N)C2. The molecule has 2 aliphatic carbocycles. The number of para-hydroxylation sites is 1. The van der Waals surface area contributed by atoms with Crippen molar-refractivity contribution in [1.29, 1.82) is 10.5 Å². The summed E-state index contributed by atoms with van der Waals surface area (Å²) in [6, 6.07) is 32.9. The number of aryl methyl sites for hydroxylation is 1. The predicted octanol–water partition coefficient (Wildman–Crippen LogP) is 5.43. The number of hydrogen-bond donors (Lipinski definition) is 0. The summed E-state index contributed by atoms with van der Waals surface area (Å²) in [6.45, 7) is 0. The summed E-state index contributed by atoms with van der Waals surface area (Å²) >= 11 is 0. The highest BCUT2D eigenvalue weighted by molar-refractivity contribution is 6.00. The van der Waals surface area contributed by atoms with Crippen molar-refractivity contribution >= 4 is 16.7 Å². The van der Waals surface area contributed by atoms with Crippen molar-refractivity contribution < 1.29 is 4.79 Å². The molecule has 0 spiro atoms. The fraction of sp³-hybridized carbons (Fsp3) is 0.233. The zero-order valence-corrected chi connectivity index (χ0v) is 18.9. The van der Waals surface area contributed by atoms with Gasteiger partial charge in [-0.25, -0.2) is 0 Å². The number of aromatic nitrogens is 1. The van der Waals surface area contributed by atoms with E-state index in [1.54, 1.807) is 0 Å². The summed E-state index contributed by atoms with van der Waals surface area (Å²) in [6.07, 6.45) is 0.535. The summed E-state index contributed by atoms with van der Waals surface area (Å²) in [5, 5.41) is 21.9. The van der Waals surface area contributed by atoms with Crippen molar-refractivity contribution in [3.63, 3.8) is 0 Å². The standard InChI is InChI=1S/C30H23N3O/c1-33-24-15-9-8-14-22(24)27-25(33)17-29(18-31,19-32)23-16-26(34)30(28(23)27,20-10-4-2-5-11-20)21-12-6-3-7-13-21/h2-15,23,28H,16-17H2,1H3/t23-,28?/m0/s1. The van der Waals surface area contributed by atoms with Crippen LogP contribution in [0, 0.1) is 34.0 Å². The number of nitrogens with zero attached hydrogens (tertiary/aromatic N) is 3. The van der Waals surface area contributed by atoms with E-state index in [0.29, 0.717) is 6.42 Å². The maximum Gasteiger partial charge on any atom is 0.153 e. The Morgan fingerprint density at radius 3 is 2.00 bits per heavy atom. The second kappa shape index (κ2) is 7.17. The van der Waals surface area contributed by atoms with E-state index in [1.807, 2.05) is 79.8 Å². The van der Waals surface area contributed by atoms with Gasteiger partial charge in [0, 0.05) is 48.3 Å². The molecule has 164 valence electrons. The quantitative estimate of drug-likeness (QED) is 0.417. The first kappa shape index (κ1) is 20.5. The van der Waals surface area contributed by atoms with Crippen LogP contribution in [-0.2, 0) is 23.7 Å². The Labute approximate surface area is 198 Å². The maximum absolute atomic E-state index is 14.3. The number of hydrogen-bond acceptors (Lipinski definition) is 3. The molecule has 34 heavy (non-hydrogen) atoms. The molecule has 0 bridgehead atoms. The number of nitriles is 2. The van der Waals surface area contributed by atoms with Gasteiger partial charge in [0.2, 0.25) is 0 Å². The molecule has 0 aliphatic heterocycles. The Balaban J connectivity index is 1.79. The molecular formula is C30H23N3O. The molecule has 4 aromatic rings. The van der Waals surface area contributed by atoms with Gasteiger partial charge in [0.15, 0.2) is 5.41 Å². The fourth-order valence-electron chi connectivity index (χ4n) is 6.78. The van der Waals surface area contributed by atoms with Gasteiger partial charge in [0.1, 0.15) is 5.78 Å². The van der Waals surface area contributed by atoms with Gasteiger partial charge in [-0.05, 0) is 22.8 Å². The molecule has 1 saturated carbocycles. The van der Waals surface area contributed by atoms with E-state index in [4.69, 9.17) is 0 Å². The molecule has 0 radical (unpaired) electrons. The van der Waals surface area contributed by atoms with Crippen LogP contribution >= 0.6 is 0 Å². The molecule has 3 aromatic carbocycles. The maximum atomic E-state index is 14.3. The Bertz CT molecular complexity index is 1470. The molecule has 1 heterocycles. The van der Waals surface area contributed by atoms with Gasteiger partial charge in [-0.3, -0.25) is 4.79 Å². The van der Waals surface area contributed by atoms with E-state index in [0.717, 1.165) is 33.3 Å². The van der Waals surface area contributed by atoms with Crippen LogP contribution in [0.1, 0.15) is 34.7 Å². The predicted molar refractivity (Wildman–Crippen MR) is 130 cm³/mol. The van der Waals surface area contributed by atoms with Crippen molar-refractivity contribution in [3.8, 4) is 12.1 Å². The minimum atomic E-state index is -1.26. The van der Waals surface area contributed by atoms with Gasteiger partial charge in [0.05, 0.1) is 17.6 Å². The highest BCUT2D eigenvalue weighted by Crippen LogP contribution is 2.64. The van der Waals surface area contributed by atoms with Gasteiger partial charge in [-0.15, -0.1) is 0 Å². The third-order valence-corrected chi connectivity index (χ3v) is 8.23. The van der Waals surface area contributed by atoms with Crippen molar-refractivity contribution in [1.82, 2.24) is 4.57 Å². The Hall–Kier alpha value is -4.15. The first-order valence-electron chi connectivity index (χ1n) is 11.6. The molecular weight excluding hydrogens is 418 g/mol. The Morgan fingerprint density at radius 2 is 1.41 bits per heavy atom. The lowest BCUT2D eigenvalue weighted by Gasteiger charge is -2.43. The van der Waals surface area contributed by atoms with Crippen LogP contribution < -0.4 is 0 Å². The van der Waals surface area contributed by atoms with E-state index >= 15 is 0 Å². The summed E-state index contributed by atoms with van der Waals surface area (Å²) in [7, 11) is 2.00. The molecule has 0 amide bonds. The van der Waals surface area contributed by atoms with Crippen molar-refractivity contribution in [2.75, 3.05) is 0 Å². The van der Waals surface area contributed by atoms with E-state index in [1.165, 1.54) is 0 Å². The molecule has 2 aliphatic rings. The van der Waals surface area contributed by atoms with Crippen LogP contribution in [0.4, 0.5) is 0 Å². The largest absolute Gasteiger partial charge is 0.347 e. The smallest absolute Gasteiger partial charge is 0.153 e. The number of benzene rings is 3. The summed E-state index contributed by atoms with van der Waals surface area (Å²) in [4.78, 5) is 14.3. The minimum absolute atomic E-state index is 0.0792. The van der Waals surface area contributed by atoms with Crippen molar-refractivity contribution in [3.05, 3.63) is 107 Å². The summed E-state index contributed by atoms with van der Waals surface area (Å²) < 4.78 is 2.12. The lowest BCUT2D eigenvalue weighted by molar-refractivity contribution is -0.121. The molecule has 4 nitrogen and oxygen atoms in total. The highest BCUT2D eigenvalue weighted by Gasteiger charge is 2.66. The lowest BCUT2D eigenvalue weighted by Crippen LogP contribution is -2.44. The van der Waals surface area contributed by atoms with Crippen LogP contribution in [0.5, 0.6) is 0 Å². The normalized spacial score (nSPS) is 21.9. The van der Waals surface area contributed by atoms with Crippen molar-refractivity contribution in [2.45, 2.75) is 24.2 Å². The number of ketones is 1. The average molecular weight is 442 g/mol. The Kier molecular flexibility index (Phi) is 4.32. The van der Waals surface area contributed by atoms with Gasteiger partial charge in [-0.2, -0.15) is 10.5 Å². The van der Waals surface area contributed by atoms with Crippen molar-refractivity contribution in [2.24, 2.45) is 18.4 Å². The second-order valence-corrected chi connectivity index (χ2v) is 9.56. The number of Topliss-reactive ketones (excluding diaryl/α,β-unsaturated/α-hetero) is 1. The summed E-state index contributed by atoms with van der Waals surface area (Å²) in [5.74, 6) is -0.636.